The topological polar surface area (TPSA) is 31.2 Å². The zero-order valence-electron chi connectivity index (χ0n) is 20.6. The summed E-state index contributed by atoms with van der Waals surface area (Å²) in [5.41, 5.74) is 1.52. The van der Waals surface area contributed by atoms with Gasteiger partial charge >= 0.3 is 6.09 Å². The second-order valence-electron chi connectivity index (χ2n) is 9.72. The second-order valence-corrected chi connectivity index (χ2v) is 13.8. The quantitative estimate of drug-likeness (QED) is 0.324. The molecule has 2 rings (SSSR count). The molecule has 3 nitrogen and oxygen atoms in total. The van der Waals surface area contributed by atoms with Crippen LogP contribution >= 0.6 is 7.26 Å². The summed E-state index contributed by atoms with van der Waals surface area (Å²) < 4.78 is 7.33. The zero-order valence-corrected chi connectivity index (χ0v) is 21.5. The van der Waals surface area contributed by atoms with Gasteiger partial charge in [-0.1, -0.05) is 58.2 Å². The molecule has 4 heteroatoms. The summed E-state index contributed by atoms with van der Waals surface area (Å²) in [6.45, 7) is 12.6. The lowest BCUT2D eigenvalue weighted by atomic mass is 10.2. The van der Waals surface area contributed by atoms with Crippen molar-refractivity contribution in [3.8, 4) is 0 Å². The molecule has 0 radical (unpaired) electrons. The van der Waals surface area contributed by atoms with E-state index in [1.807, 2.05) is 45.2 Å². The third kappa shape index (κ3) is 7.49. The normalized spacial score (nSPS) is 12.7. The lowest BCUT2D eigenvalue weighted by molar-refractivity contribution is 0.0544. The van der Waals surface area contributed by atoms with E-state index in [-0.39, 0.29) is 6.09 Å². The van der Waals surface area contributed by atoms with Crippen molar-refractivity contribution < 1.29 is 9.53 Å². The molecule has 172 valence electrons. The minimum absolute atomic E-state index is 0.313. The van der Waals surface area contributed by atoms with Crippen LogP contribution in [0.25, 0.3) is 17.0 Å². The Hall–Kier alpha value is -1.60. The zero-order chi connectivity index (χ0) is 22.9. The molecule has 0 aliphatic carbocycles. The van der Waals surface area contributed by atoms with Gasteiger partial charge in [0.15, 0.2) is 0 Å². The molecule has 0 fully saturated rings. The first kappa shape index (κ1) is 25.7. The van der Waals surface area contributed by atoms with Crippen molar-refractivity contribution in [1.29, 1.82) is 0 Å². The largest absolute Gasteiger partial charge is 0.443 e. The monoisotopic (exact) mass is 444 g/mol. The average molecular weight is 445 g/mol. The Kier molecular flexibility index (Phi) is 9.82. The summed E-state index contributed by atoms with van der Waals surface area (Å²) in [5, 5.41) is 1.11. The van der Waals surface area contributed by atoms with E-state index in [1.165, 1.54) is 57.0 Å². The predicted molar refractivity (Wildman–Crippen MR) is 139 cm³/mol. The number of fused-ring (bicyclic) bond motifs is 1. The van der Waals surface area contributed by atoms with Gasteiger partial charge in [0.2, 0.25) is 0 Å². The van der Waals surface area contributed by atoms with Crippen LogP contribution in [0.4, 0.5) is 4.79 Å². The molecule has 0 bridgehead atoms. The molecule has 1 heterocycles. The molecule has 0 amide bonds. The average Bonchev–Trinajstić information content (AvgIpc) is 3.10. The number of unbranched alkanes of at least 4 members (excludes halogenated alkanes) is 3. The number of hydrogen-bond acceptors (Lipinski definition) is 2. The molecule has 0 N–H and O–H groups in total. The molecule has 2 aromatic rings. The Labute approximate surface area is 190 Å². The van der Waals surface area contributed by atoms with Gasteiger partial charge in [-0.05, 0) is 52.2 Å². The minimum atomic E-state index is -1.14. The Morgan fingerprint density at radius 3 is 2.03 bits per heavy atom. The molecular weight excluding hydrogens is 401 g/mol. The summed E-state index contributed by atoms with van der Waals surface area (Å²) in [5.74, 6) is 2.58. The van der Waals surface area contributed by atoms with Crippen LogP contribution in [0.2, 0.25) is 0 Å². The Morgan fingerprint density at radius 1 is 0.968 bits per heavy atom. The van der Waals surface area contributed by atoms with E-state index in [9.17, 15) is 4.79 Å². The Bertz CT molecular complexity index is 838. The molecule has 0 saturated heterocycles. The van der Waals surface area contributed by atoms with Gasteiger partial charge in [0.1, 0.15) is 5.60 Å². The van der Waals surface area contributed by atoms with E-state index >= 15 is 0 Å². The van der Waals surface area contributed by atoms with E-state index < -0.39 is 12.9 Å². The Balaban J connectivity index is 2.44. The van der Waals surface area contributed by atoms with Crippen molar-refractivity contribution in [1.82, 2.24) is 4.57 Å². The SMILES string of the molecule is CCCC[P+](/C=C/c1cn(C(=O)OC(C)(C)C)c2ccccc12)(CCCC)CCCC. The second kappa shape index (κ2) is 11.9. The van der Waals surface area contributed by atoms with Crippen LogP contribution in [0, 0.1) is 0 Å². The summed E-state index contributed by atoms with van der Waals surface area (Å²) in [6.07, 6.45) is 15.7. The molecule has 1 aromatic heterocycles. The molecule has 0 spiro atoms. The summed E-state index contributed by atoms with van der Waals surface area (Å²) in [4.78, 5) is 12.8. The maximum absolute atomic E-state index is 12.8. The highest BCUT2D eigenvalue weighted by Gasteiger charge is 2.33. The van der Waals surface area contributed by atoms with Crippen molar-refractivity contribution in [3.63, 3.8) is 0 Å². The van der Waals surface area contributed by atoms with Crippen LogP contribution < -0.4 is 0 Å². The van der Waals surface area contributed by atoms with Crippen LogP contribution in [0.1, 0.15) is 85.6 Å². The highest BCUT2D eigenvalue weighted by molar-refractivity contribution is 7.78. The van der Waals surface area contributed by atoms with E-state index in [0.717, 1.165) is 16.5 Å². The van der Waals surface area contributed by atoms with Gasteiger partial charge in [-0.15, -0.1) is 0 Å². The van der Waals surface area contributed by atoms with Crippen LogP contribution in [-0.4, -0.2) is 34.7 Å². The number of ether oxygens (including phenoxy) is 1. The minimum Gasteiger partial charge on any atom is -0.443 e. The third-order valence-corrected chi connectivity index (χ3v) is 10.2. The summed E-state index contributed by atoms with van der Waals surface area (Å²) >= 11 is 0. The molecule has 0 unspecified atom stereocenters. The fourth-order valence-corrected chi connectivity index (χ4v) is 8.45. The number of hydrogen-bond donors (Lipinski definition) is 0. The molecule has 0 saturated carbocycles. The highest BCUT2D eigenvalue weighted by atomic mass is 31.2. The van der Waals surface area contributed by atoms with Gasteiger partial charge in [0.05, 0.1) is 29.8 Å². The molecule has 0 aliphatic heterocycles. The molecule has 31 heavy (non-hydrogen) atoms. The van der Waals surface area contributed by atoms with E-state index in [1.54, 1.807) is 4.57 Å². The molecule has 1 aromatic carbocycles. The molecule has 0 aliphatic rings. The van der Waals surface area contributed by atoms with Crippen molar-refractivity contribution in [2.45, 2.75) is 85.7 Å². The van der Waals surface area contributed by atoms with Gasteiger partial charge in [0.25, 0.3) is 0 Å². The number of carbonyl (C=O) groups is 1. The molecular formula is C27H43NO2P+. The number of para-hydroxylation sites is 1. The summed E-state index contributed by atoms with van der Waals surface area (Å²) in [7, 11) is -1.14. The lowest BCUT2D eigenvalue weighted by Crippen LogP contribution is -2.26. The van der Waals surface area contributed by atoms with E-state index in [4.69, 9.17) is 4.74 Å². The smallest absolute Gasteiger partial charge is 0.419 e. The number of rotatable bonds is 11. The first-order valence-electron chi connectivity index (χ1n) is 12.1. The number of carbonyl (C=O) groups excluding carboxylic acids is 1. The van der Waals surface area contributed by atoms with Crippen molar-refractivity contribution in [2.24, 2.45) is 0 Å². The first-order valence-corrected chi connectivity index (χ1v) is 14.5. The van der Waals surface area contributed by atoms with Gasteiger partial charge in [-0.25, -0.2) is 4.79 Å². The maximum Gasteiger partial charge on any atom is 0.419 e. The predicted octanol–water partition coefficient (Wildman–Crippen LogP) is 8.81. The van der Waals surface area contributed by atoms with Gasteiger partial charge in [0, 0.05) is 24.4 Å². The lowest BCUT2D eigenvalue weighted by Gasteiger charge is -2.24. The van der Waals surface area contributed by atoms with Crippen LogP contribution in [-0.2, 0) is 4.74 Å². The standard InChI is InChI=1S/C27H43NO2P/c1-7-10-18-31(19-11-8-2,20-12-9-3)21-17-23-22-28(26(29)30-27(4,5)6)25-16-14-13-15-24(23)25/h13-17,21-22H,7-12,18-20H2,1-6H3/q+1/b21-17+. The van der Waals surface area contributed by atoms with Gasteiger partial charge < -0.3 is 4.74 Å². The van der Waals surface area contributed by atoms with Crippen LogP contribution in [0.5, 0.6) is 0 Å². The highest BCUT2D eigenvalue weighted by Crippen LogP contribution is 2.62. The number of nitrogens with zero attached hydrogens (tertiary/aromatic N) is 1. The van der Waals surface area contributed by atoms with Gasteiger partial charge in [-0.2, -0.15) is 0 Å². The fraction of sp³-hybridized carbons (Fsp3) is 0.593. The first-order chi connectivity index (χ1) is 14.7. The van der Waals surface area contributed by atoms with Crippen LogP contribution in [0.3, 0.4) is 0 Å². The van der Waals surface area contributed by atoms with E-state index in [0.29, 0.717) is 0 Å². The number of aromatic nitrogens is 1. The molecule has 0 atom stereocenters. The van der Waals surface area contributed by atoms with E-state index in [2.05, 4.69) is 38.7 Å². The fourth-order valence-electron chi connectivity index (χ4n) is 4.02. The van der Waals surface area contributed by atoms with Crippen LogP contribution in [0.15, 0.2) is 36.3 Å². The van der Waals surface area contributed by atoms with Crippen molar-refractivity contribution in [2.75, 3.05) is 18.5 Å². The van der Waals surface area contributed by atoms with Crippen molar-refractivity contribution >= 4 is 30.3 Å². The maximum atomic E-state index is 12.8. The summed E-state index contributed by atoms with van der Waals surface area (Å²) in [6, 6.07) is 8.15. The van der Waals surface area contributed by atoms with Gasteiger partial charge in [-0.3, -0.25) is 4.57 Å². The third-order valence-electron chi connectivity index (χ3n) is 5.77. The van der Waals surface area contributed by atoms with Crippen molar-refractivity contribution in [3.05, 3.63) is 41.8 Å². The Morgan fingerprint density at radius 2 is 1.52 bits per heavy atom. The number of benzene rings is 1.